The Kier molecular flexibility index (Phi) is 50.7. The second-order valence-corrected chi connectivity index (χ2v) is 44.3. The maximum atomic E-state index is 12.0. The summed E-state index contributed by atoms with van der Waals surface area (Å²) in [5.41, 5.74) is 1.05. The number of carbonyl (C=O) groups excluding carboxylic acids is 6. The largest absolute Gasteiger partial charge is 0.390 e. The number of hydrogen-bond donors (Lipinski definition) is 7. The van der Waals surface area contributed by atoms with Gasteiger partial charge in [0.25, 0.3) is 5.91 Å². The quantitative estimate of drug-likeness (QED) is 0.0373. The number of ketones is 1. The smallest absolute Gasteiger partial charge is 0.327 e. The van der Waals surface area contributed by atoms with Gasteiger partial charge in [-0.25, -0.2) is 4.79 Å². The van der Waals surface area contributed by atoms with E-state index in [9.17, 15) is 59.4 Å². The summed E-state index contributed by atoms with van der Waals surface area (Å²) in [4.78, 5) is 76.4. The van der Waals surface area contributed by atoms with Crippen molar-refractivity contribution < 1.29 is 126 Å². The number of rotatable bonds is 24. The molecule has 1 aromatic heterocycles. The molecule has 139 heavy (non-hydrogen) atoms. The van der Waals surface area contributed by atoms with Crippen LogP contribution in [0.1, 0.15) is 264 Å². The lowest BCUT2D eigenvalue weighted by Crippen LogP contribution is -2.55. The van der Waals surface area contributed by atoms with Crippen molar-refractivity contribution in [2.75, 3.05) is 112 Å². The molecule has 0 spiro atoms. The zero-order valence-electron chi connectivity index (χ0n) is 88.9. The number of nitrogens with zero attached hydrogens (tertiary/aromatic N) is 6. The van der Waals surface area contributed by atoms with Crippen LogP contribution < -0.4 is 5.32 Å². The van der Waals surface area contributed by atoms with Crippen LogP contribution in [0, 0.1) is 107 Å². The Hall–Kier alpha value is -4.70. The minimum atomic E-state index is -0.981. The van der Waals surface area contributed by atoms with Crippen molar-refractivity contribution in [3.8, 4) is 0 Å². The van der Waals surface area contributed by atoms with Crippen LogP contribution in [0.4, 0.5) is 4.79 Å². The van der Waals surface area contributed by atoms with Crippen LogP contribution in [0.25, 0.3) is 0 Å². The van der Waals surface area contributed by atoms with Gasteiger partial charge in [-0.15, -0.1) is 0 Å². The van der Waals surface area contributed by atoms with Crippen LogP contribution in [0.2, 0.25) is 0 Å². The van der Waals surface area contributed by atoms with Crippen molar-refractivity contribution in [3.05, 3.63) is 24.0 Å². The predicted octanol–water partition coefficient (Wildman–Crippen LogP) is 11.6. The monoisotopic (exact) mass is 1980 g/mol. The summed E-state index contributed by atoms with van der Waals surface area (Å²) < 4.78 is 79.8. The SMILES string of the molecule is C.CC(C)[C@@H]1C[C@H]2C(=O)CC(=O)N2C1.CC(C)[C@@H]1C[C@H]2C(=O)NCC(=O)N2C1.CC(C)[C@H]1OC(O)[C@H](C)[C@@H](O)[C@@H]1O.CC(C)[C@H]1O[C@@H](O)[C@H](C)[C@@H](O)[C@@H]1O.CC(C)c1cccnn1.CCCN1C(=O)[C@@H]2C[C@@H](C(C)C)CN2C1=O.CCCO[C@@H]1CO[C@H]2[C@@H]1OC[C@H]2C(C)C.CCCO[C@H]1CO[C@@H]2[C@@H]1OC[C@H]2C(C)C.CCCO[C@H]1CO[C@@H]2[C@@H]1OC[C@H]2C(C)C.CCCO[C@H]1CO[C@H]2[C@@H]1OC[C@H]2C(C)C. The van der Waals surface area contributed by atoms with E-state index in [0.29, 0.717) is 122 Å². The van der Waals surface area contributed by atoms with Crippen molar-refractivity contribution in [2.24, 2.45) is 107 Å². The molecule has 0 radical (unpaired) electrons. The molecule has 17 rings (SSSR count). The second kappa shape index (κ2) is 58.2. The summed E-state index contributed by atoms with van der Waals surface area (Å²) in [6, 6.07) is 3.40. The molecule has 16 aliphatic rings. The number of piperazine rings is 1. The molecule has 16 fully saturated rings. The van der Waals surface area contributed by atoms with E-state index >= 15 is 0 Å². The molecule has 16 saturated heterocycles. The number of carbonyl (C=O) groups is 6. The lowest BCUT2D eigenvalue weighted by atomic mass is 9.88. The van der Waals surface area contributed by atoms with Gasteiger partial charge >= 0.3 is 6.03 Å². The Morgan fingerprint density at radius 1 is 0.403 bits per heavy atom. The number of imide groups is 1. The summed E-state index contributed by atoms with van der Waals surface area (Å²) in [5.74, 6) is 7.90. The van der Waals surface area contributed by atoms with E-state index in [-0.39, 0.29) is 159 Å². The standard InChI is InChI=1S/C12H20N2O2.4C12H22O3.C10H16N2O2.C10H15NO2.2C9H18O4.C7H10N2.CH4/c1-4-5-13-11(15)10-6-9(8(2)3)7-14(10)12(13)16;4*1-4-5-13-10-7-15-11-9(8(2)3)6-14-12(10)11;1-6(2)7-3-8-10(14)11-4-9(13)12(8)5-7;1-6(2)7-3-8-9(12)4-10(13)11(8)5-7;2*1-4(2)8-7(11)6(10)5(3)9(12)13-8;1-6(2)7-4-3-5-8-9-7;/h8-10H,4-7H2,1-3H3;4*8-12H,4-7H2,1-3H3;6-8H,3-5H2,1-2H3,(H,11,14);6-8H,3-5H2,1-2H3;2*4-12H,1-3H3;3-6H,1-2H3;1H4/t9-,10+;9-,10+,11+,12+;9-,10-,11+,12+;2*9-,10-,11-,12+;2*7-,8+;5-,6-,7+,8-,9?;5-,6-,7+,8-,9-;;/m100001111../s1. The average molecular weight is 1980 g/mol. The van der Waals surface area contributed by atoms with Gasteiger partial charge in [0.15, 0.2) is 18.4 Å². The van der Waals surface area contributed by atoms with Crippen LogP contribution in [-0.2, 0) is 90.3 Å². The summed E-state index contributed by atoms with van der Waals surface area (Å²) in [6.45, 7) is 68.8. The van der Waals surface area contributed by atoms with Gasteiger partial charge in [-0.1, -0.05) is 194 Å². The van der Waals surface area contributed by atoms with Crippen molar-refractivity contribution >= 4 is 35.4 Å². The highest BCUT2D eigenvalue weighted by molar-refractivity contribution is 6.08. The molecule has 33 heteroatoms. The number of aromatic nitrogens is 2. The summed E-state index contributed by atoms with van der Waals surface area (Å²) in [6.07, 6.45) is 5.40. The number of Topliss-reactive ketones (excluding diaryl/α,β-unsaturated/α-hetero) is 1. The first kappa shape index (κ1) is 121. The molecule has 1 unspecified atom stereocenters. The van der Waals surface area contributed by atoms with Gasteiger partial charge in [-0.2, -0.15) is 10.2 Å². The van der Waals surface area contributed by atoms with Crippen LogP contribution in [-0.4, -0.2) is 348 Å². The van der Waals surface area contributed by atoms with E-state index < -0.39 is 61.0 Å². The van der Waals surface area contributed by atoms with Crippen molar-refractivity contribution in [3.63, 3.8) is 0 Å². The molecule has 0 saturated carbocycles. The lowest BCUT2D eigenvalue weighted by molar-refractivity contribution is -0.269. The zero-order valence-corrected chi connectivity index (χ0v) is 88.9. The fourth-order valence-corrected chi connectivity index (χ4v) is 20.9. The molecule has 7 N–H and O–H groups in total. The molecule has 17 heterocycles. The molecule has 0 bridgehead atoms. The maximum absolute atomic E-state index is 12.0. The molecule has 1 aromatic rings. The minimum Gasteiger partial charge on any atom is -0.390 e. The fraction of sp³-hybridized carbons (Fsp3) is 0.906. The summed E-state index contributed by atoms with van der Waals surface area (Å²) in [5, 5.41) is 67.4. The molecular formula is C106H189N7O26. The number of aliphatic hydroxyl groups excluding tert-OH is 6. The van der Waals surface area contributed by atoms with Gasteiger partial charge in [-0.3, -0.25) is 28.9 Å². The fourth-order valence-electron chi connectivity index (χ4n) is 20.9. The molecule has 804 valence electrons. The zero-order chi connectivity index (χ0) is 102. The third kappa shape index (κ3) is 32.2. The first-order chi connectivity index (χ1) is 65.4. The highest BCUT2D eigenvalue weighted by Gasteiger charge is 2.56. The first-order valence-electron chi connectivity index (χ1n) is 53.0. The van der Waals surface area contributed by atoms with Crippen LogP contribution >= 0.6 is 0 Å². The number of nitrogens with one attached hydrogen (secondary N) is 1. The average Bonchev–Trinajstić information content (AvgIpc) is 1.61. The number of fused-ring (bicyclic) bond motifs is 7. The van der Waals surface area contributed by atoms with Crippen molar-refractivity contribution in [1.82, 2.24) is 35.1 Å². The maximum Gasteiger partial charge on any atom is 0.327 e. The molecular weight excluding hydrogens is 1790 g/mol. The number of amides is 6. The van der Waals surface area contributed by atoms with E-state index in [1.807, 2.05) is 46.8 Å². The molecule has 16 aliphatic heterocycles. The van der Waals surface area contributed by atoms with E-state index in [1.54, 1.807) is 34.7 Å². The third-order valence-electron chi connectivity index (χ3n) is 30.6. The lowest BCUT2D eigenvalue weighted by Gasteiger charge is -2.41. The molecule has 0 aliphatic carbocycles. The number of hydrogen-bond acceptors (Lipinski definition) is 28. The van der Waals surface area contributed by atoms with E-state index in [1.165, 1.54) is 4.90 Å². The van der Waals surface area contributed by atoms with Gasteiger partial charge in [0.05, 0.1) is 126 Å². The topological polar surface area (TPSA) is 404 Å². The third-order valence-corrected chi connectivity index (χ3v) is 30.6. The summed E-state index contributed by atoms with van der Waals surface area (Å²) >= 11 is 0. The Morgan fingerprint density at radius 3 is 1.01 bits per heavy atom. The molecule has 33 nitrogen and oxygen atoms in total. The number of aliphatic hydroxyl groups is 6. The van der Waals surface area contributed by atoms with Crippen LogP contribution in [0.15, 0.2) is 18.3 Å². The van der Waals surface area contributed by atoms with E-state index in [2.05, 4.69) is 154 Å². The minimum absolute atomic E-state index is 0. The van der Waals surface area contributed by atoms with Gasteiger partial charge in [0, 0.05) is 94.3 Å². The predicted molar refractivity (Wildman–Crippen MR) is 528 cm³/mol. The van der Waals surface area contributed by atoms with E-state index in [4.69, 9.17) is 66.3 Å². The first-order valence-corrected chi connectivity index (χ1v) is 53.0. The number of ether oxygens (including phenoxy) is 14. The number of urea groups is 1. The Balaban J connectivity index is 0.000000210. The van der Waals surface area contributed by atoms with Gasteiger partial charge in [0.2, 0.25) is 17.7 Å². The second-order valence-electron chi connectivity index (χ2n) is 44.3. The highest BCUT2D eigenvalue weighted by atomic mass is 16.7. The molecule has 32 atom stereocenters. The molecule has 6 amide bonds. The van der Waals surface area contributed by atoms with Crippen molar-refractivity contribution in [1.29, 1.82) is 0 Å². The van der Waals surface area contributed by atoms with Gasteiger partial charge in [-0.05, 0) is 140 Å². The molecule has 0 aromatic carbocycles. The van der Waals surface area contributed by atoms with E-state index in [0.717, 1.165) is 130 Å². The normalized spacial score (nSPS) is 36.4. The van der Waals surface area contributed by atoms with Crippen LogP contribution in [0.5, 0.6) is 0 Å². The van der Waals surface area contributed by atoms with Gasteiger partial charge < -0.3 is 117 Å². The highest BCUT2D eigenvalue weighted by Crippen LogP contribution is 2.43. The van der Waals surface area contributed by atoms with Gasteiger partial charge in [0.1, 0.15) is 73.1 Å². The van der Waals surface area contributed by atoms with Crippen LogP contribution in [0.3, 0.4) is 0 Å². The van der Waals surface area contributed by atoms with Crippen molar-refractivity contribution in [2.45, 2.75) is 399 Å². The Labute approximate surface area is 833 Å². The Bertz CT molecular complexity index is 3460. The summed E-state index contributed by atoms with van der Waals surface area (Å²) in [7, 11) is 0. The Morgan fingerprint density at radius 2 is 0.734 bits per heavy atom.